The molecule has 1 aromatic rings. The largest absolute Gasteiger partial charge is 0.478 e. The summed E-state index contributed by atoms with van der Waals surface area (Å²) in [5, 5.41) is 13.3. The molecule has 1 aliphatic heterocycles. The molecule has 2 rings (SSSR count). The van der Waals surface area contributed by atoms with Gasteiger partial charge in [-0.1, -0.05) is 0 Å². The molecule has 5 nitrogen and oxygen atoms in total. The lowest BCUT2D eigenvalue weighted by Gasteiger charge is -2.10. The molecule has 1 saturated heterocycles. The predicted octanol–water partition coefficient (Wildman–Crippen LogP) is 1.16. The Bertz CT molecular complexity index is 392. The highest BCUT2D eigenvalue weighted by atomic mass is 16.5. The number of aromatic nitrogens is 2. The van der Waals surface area contributed by atoms with Crippen molar-refractivity contribution >= 4 is 5.97 Å². The monoisotopic (exact) mass is 210 g/mol. The zero-order chi connectivity index (χ0) is 11.0. The maximum atomic E-state index is 11.0. The average molecular weight is 210 g/mol. The quantitative estimate of drug-likeness (QED) is 0.795. The van der Waals surface area contributed by atoms with E-state index in [0.717, 1.165) is 18.7 Å². The van der Waals surface area contributed by atoms with Gasteiger partial charge in [-0.25, -0.2) is 4.79 Å². The van der Waals surface area contributed by atoms with Crippen molar-refractivity contribution in [1.29, 1.82) is 0 Å². The van der Waals surface area contributed by atoms with Gasteiger partial charge < -0.3 is 9.84 Å². The molecule has 1 N–H and O–H groups in total. The third-order valence-electron chi connectivity index (χ3n) is 2.79. The second-order valence-corrected chi connectivity index (χ2v) is 3.81. The Morgan fingerprint density at radius 3 is 2.80 bits per heavy atom. The second kappa shape index (κ2) is 3.66. The van der Waals surface area contributed by atoms with E-state index in [4.69, 9.17) is 9.84 Å². The fourth-order valence-corrected chi connectivity index (χ4v) is 2.04. The Morgan fingerprint density at radius 1 is 1.60 bits per heavy atom. The number of carboxylic acid groups (broad SMARTS) is 1. The van der Waals surface area contributed by atoms with E-state index in [9.17, 15) is 4.79 Å². The van der Waals surface area contributed by atoms with Crippen molar-refractivity contribution in [2.24, 2.45) is 0 Å². The van der Waals surface area contributed by atoms with E-state index in [1.54, 1.807) is 18.5 Å². The van der Waals surface area contributed by atoms with Gasteiger partial charge in [-0.2, -0.15) is 5.10 Å². The fourth-order valence-electron chi connectivity index (χ4n) is 2.04. The third-order valence-corrected chi connectivity index (χ3v) is 2.79. The smallest absolute Gasteiger partial charge is 0.339 e. The first kappa shape index (κ1) is 10.2. The minimum Gasteiger partial charge on any atom is -0.478 e. The van der Waals surface area contributed by atoms with Crippen molar-refractivity contribution in [3.8, 4) is 0 Å². The minimum absolute atomic E-state index is 0.191. The van der Waals surface area contributed by atoms with Gasteiger partial charge >= 0.3 is 5.97 Å². The minimum atomic E-state index is -0.907. The van der Waals surface area contributed by atoms with Gasteiger partial charge in [0.2, 0.25) is 0 Å². The summed E-state index contributed by atoms with van der Waals surface area (Å²) in [6.07, 6.45) is 0.904. The van der Waals surface area contributed by atoms with Crippen LogP contribution in [0.1, 0.15) is 34.2 Å². The zero-order valence-electron chi connectivity index (χ0n) is 8.86. The lowest BCUT2D eigenvalue weighted by molar-refractivity contribution is 0.0695. The molecule has 1 aromatic heterocycles. The van der Waals surface area contributed by atoms with Crippen LogP contribution in [0.2, 0.25) is 0 Å². The number of hydrogen-bond donors (Lipinski definition) is 1. The van der Waals surface area contributed by atoms with Crippen LogP contribution in [0.25, 0.3) is 0 Å². The van der Waals surface area contributed by atoms with Crippen LogP contribution in [0.3, 0.4) is 0 Å². The molecule has 0 amide bonds. The highest BCUT2D eigenvalue weighted by Gasteiger charge is 2.24. The van der Waals surface area contributed by atoms with Crippen molar-refractivity contribution in [2.75, 3.05) is 13.2 Å². The first-order chi connectivity index (χ1) is 7.11. The summed E-state index contributed by atoms with van der Waals surface area (Å²) < 4.78 is 7.05. The van der Waals surface area contributed by atoms with Gasteiger partial charge in [0.1, 0.15) is 5.56 Å². The van der Waals surface area contributed by atoms with E-state index in [-0.39, 0.29) is 6.04 Å². The third kappa shape index (κ3) is 1.63. The normalized spacial score (nSPS) is 20.8. The van der Waals surface area contributed by atoms with E-state index in [0.29, 0.717) is 17.9 Å². The van der Waals surface area contributed by atoms with Crippen molar-refractivity contribution in [3.05, 3.63) is 17.0 Å². The Hall–Kier alpha value is -1.36. The van der Waals surface area contributed by atoms with Gasteiger partial charge in [0.15, 0.2) is 0 Å². The summed E-state index contributed by atoms with van der Waals surface area (Å²) in [6.45, 7) is 4.87. The highest BCUT2D eigenvalue weighted by molar-refractivity contribution is 5.90. The number of rotatable bonds is 2. The van der Waals surface area contributed by atoms with Crippen LogP contribution in [0, 0.1) is 13.8 Å². The maximum absolute atomic E-state index is 11.0. The van der Waals surface area contributed by atoms with Crippen LogP contribution >= 0.6 is 0 Å². The van der Waals surface area contributed by atoms with Crippen LogP contribution in [-0.2, 0) is 4.74 Å². The van der Waals surface area contributed by atoms with Gasteiger partial charge in [-0.15, -0.1) is 0 Å². The average Bonchev–Trinajstić information content (AvgIpc) is 2.72. The maximum Gasteiger partial charge on any atom is 0.339 e. The van der Waals surface area contributed by atoms with Crippen LogP contribution in [-0.4, -0.2) is 34.1 Å². The number of carbonyl (C=O) groups is 1. The number of aryl methyl sites for hydroxylation is 1. The van der Waals surface area contributed by atoms with Crippen LogP contribution in [0.4, 0.5) is 0 Å². The molecule has 0 aliphatic carbocycles. The van der Waals surface area contributed by atoms with Crippen molar-refractivity contribution in [2.45, 2.75) is 26.3 Å². The van der Waals surface area contributed by atoms with E-state index < -0.39 is 5.97 Å². The molecule has 0 unspecified atom stereocenters. The molecule has 1 aliphatic rings. The number of aromatic carboxylic acids is 1. The Balaban J connectivity index is 2.40. The van der Waals surface area contributed by atoms with Gasteiger partial charge in [-0.3, -0.25) is 4.68 Å². The fraction of sp³-hybridized carbons (Fsp3) is 0.600. The molecule has 0 radical (unpaired) electrons. The highest BCUT2D eigenvalue weighted by Crippen LogP contribution is 2.23. The zero-order valence-corrected chi connectivity index (χ0v) is 8.86. The summed E-state index contributed by atoms with van der Waals surface area (Å²) in [5.41, 5.74) is 1.62. The summed E-state index contributed by atoms with van der Waals surface area (Å²) in [4.78, 5) is 11.0. The SMILES string of the molecule is Cc1nn([C@H]2CCOC2)c(C)c1C(=O)O. The summed E-state index contributed by atoms with van der Waals surface area (Å²) >= 11 is 0. The van der Waals surface area contributed by atoms with Crippen molar-refractivity contribution < 1.29 is 14.6 Å². The summed E-state index contributed by atoms with van der Waals surface area (Å²) in [7, 11) is 0. The molecular weight excluding hydrogens is 196 g/mol. The molecule has 0 saturated carbocycles. The van der Waals surface area contributed by atoms with Crippen LogP contribution < -0.4 is 0 Å². The Kier molecular flexibility index (Phi) is 2.48. The van der Waals surface area contributed by atoms with Crippen molar-refractivity contribution in [3.63, 3.8) is 0 Å². The lowest BCUT2D eigenvalue weighted by atomic mass is 10.2. The molecule has 15 heavy (non-hydrogen) atoms. The number of nitrogens with zero attached hydrogens (tertiary/aromatic N) is 2. The predicted molar refractivity (Wildman–Crippen MR) is 53.1 cm³/mol. The number of carboxylic acids is 1. The summed E-state index contributed by atoms with van der Waals surface area (Å²) in [6, 6.07) is 0.191. The molecule has 1 fully saturated rings. The summed E-state index contributed by atoms with van der Waals surface area (Å²) in [5.74, 6) is -0.907. The number of hydrogen-bond acceptors (Lipinski definition) is 3. The molecule has 1 atom stereocenters. The Labute approximate surface area is 87.7 Å². The molecule has 0 spiro atoms. The van der Waals surface area contributed by atoms with E-state index in [2.05, 4.69) is 5.10 Å². The lowest BCUT2D eigenvalue weighted by Crippen LogP contribution is -2.12. The van der Waals surface area contributed by atoms with Gasteiger partial charge in [0.05, 0.1) is 24.0 Å². The number of ether oxygens (including phenoxy) is 1. The van der Waals surface area contributed by atoms with Gasteiger partial charge in [-0.05, 0) is 20.3 Å². The van der Waals surface area contributed by atoms with Crippen LogP contribution in [0.15, 0.2) is 0 Å². The van der Waals surface area contributed by atoms with E-state index >= 15 is 0 Å². The van der Waals surface area contributed by atoms with Crippen LogP contribution in [0.5, 0.6) is 0 Å². The van der Waals surface area contributed by atoms with Gasteiger partial charge in [0, 0.05) is 6.61 Å². The van der Waals surface area contributed by atoms with Crippen molar-refractivity contribution in [1.82, 2.24) is 9.78 Å². The molecular formula is C10H14N2O3. The van der Waals surface area contributed by atoms with Gasteiger partial charge in [0.25, 0.3) is 0 Å². The molecule has 5 heteroatoms. The van der Waals surface area contributed by atoms with E-state index in [1.807, 2.05) is 0 Å². The first-order valence-electron chi connectivity index (χ1n) is 4.98. The molecule has 0 bridgehead atoms. The molecule has 2 heterocycles. The topological polar surface area (TPSA) is 64.4 Å². The standard InChI is InChI=1S/C10H14N2O3/c1-6-9(10(13)14)7(2)12(11-6)8-3-4-15-5-8/h8H,3-5H2,1-2H3,(H,13,14)/t8-/m0/s1. The first-order valence-corrected chi connectivity index (χ1v) is 4.98. The Morgan fingerprint density at radius 2 is 2.33 bits per heavy atom. The molecule has 82 valence electrons. The van der Waals surface area contributed by atoms with E-state index in [1.165, 1.54) is 0 Å². The molecule has 0 aromatic carbocycles. The second-order valence-electron chi connectivity index (χ2n) is 3.81.